The van der Waals surface area contributed by atoms with E-state index in [0.717, 1.165) is 0 Å². The zero-order valence-electron chi connectivity index (χ0n) is 9.86. The van der Waals surface area contributed by atoms with E-state index in [4.69, 9.17) is 14.2 Å². The molecule has 1 N–H and O–H groups in total. The van der Waals surface area contributed by atoms with E-state index in [-0.39, 0.29) is 5.56 Å². The first-order chi connectivity index (χ1) is 8.81. The van der Waals surface area contributed by atoms with E-state index < -0.39 is 0 Å². The van der Waals surface area contributed by atoms with E-state index in [1.807, 2.05) is 6.92 Å². The van der Waals surface area contributed by atoms with Crippen LogP contribution in [0.5, 0.6) is 17.2 Å². The number of aromatic amines is 1. The van der Waals surface area contributed by atoms with E-state index in [1.165, 1.54) is 6.33 Å². The molecule has 0 saturated heterocycles. The molecule has 3 rings (SSSR count). The van der Waals surface area contributed by atoms with Crippen molar-refractivity contribution in [1.29, 1.82) is 0 Å². The molecule has 0 amide bonds. The third-order valence-electron chi connectivity index (χ3n) is 2.68. The van der Waals surface area contributed by atoms with Gasteiger partial charge < -0.3 is 19.2 Å². The number of H-pyrrole nitrogens is 1. The fourth-order valence-electron chi connectivity index (χ4n) is 1.98. The van der Waals surface area contributed by atoms with Gasteiger partial charge in [0, 0.05) is 6.07 Å². The molecule has 0 atom stereocenters. The summed E-state index contributed by atoms with van der Waals surface area (Å²) < 4.78 is 16.6. The molecule has 0 aliphatic carbocycles. The van der Waals surface area contributed by atoms with Gasteiger partial charge in [0.05, 0.1) is 18.5 Å². The van der Waals surface area contributed by atoms with Crippen molar-refractivity contribution >= 4 is 10.9 Å². The van der Waals surface area contributed by atoms with Gasteiger partial charge in [-0.25, -0.2) is 4.98 Å². The summed E-state index contributed by atoms with van der Waals surface area (Å²) in [6.45, 7) is 3.23. The van der Waals surface area contributed by atoms with Crippen LogP contribution in [0.1, 0.15) is 6.92 Å². The lowest BCUT2D eigenvalue weighted by Gasteiger charge is -2.21. The first-order valence-electron chi connectivity index (χ1n) is 5.74. The van der Waals surface area contributed by atoms with Gasteiger partial charge in [0.25, 0.3) is 5.56 Å². The Bertz CT molecular complexity index is 650. The zero-order chi connectivity index (χ0) is 12.5. The van der Waals surface area contributed by atoms with Crippen LogP contribution in [0.3, 0.4) is 0 Å². The molecule has 0 saturated carbocycles. The largest absolute Gasteiger partial charge is 0.490 e. The average Bonchev–Trinajstić information content (AvgIpc) is 2.39. The molecule has 94 valence electrons. The average molecular weight is 248 g/mol. The van der Waals surface area contributed by atoms with Gasteiger partial charge in [0.1, 0.15) is 18.6 Å². The van der Waals surface area contributed by atoms with Crippen LogP contribution in [0.15, 0.2) is 17.2 Å². The number of benzene rings is 1. The van der Waals surface area contributed by atoms with Crippen molar-refractivity contribution < 1.29 is 14.2 Å². The van der Waals surface area contributed by atoms with Crippen molar-refractivity contribution in [1.82, 2.24) is 9.97 Å². The van der Waals surface area contributed by atoms with Gasteiger partial charge in [-0.05, 0) is 6.92 Å². The molecule has 18 heavy (non-hydrogen) atoms. The van der Waals surface area contributed by atoms with Crippen molar-refractivity contribution in [2.45, 2.75) is 6.92 Å². The van der Waals surface area contributed by atoms with Crippen molar-refractivity contribution in [2.24, 2.45) is 0 Å². The molecular weight excluding hydrogens is 236 g/mol. The molecule has 1 aliphatic rings. The van der Waals surface area contributed by atoms with E-state index in [1.54, 1.807) is 6.07 Å². The SMILES string of the molecule is CCOc1cc2nc[nH]c(=O)c2c2c1OCCO2. The Labute approximate surface area is 103 Å². The van der Waals surface area contributed by atoms with Gasteiger partial charge in [-0.1, -0.05) is 0 Å². The van der Waals surface area contributed by atoms with Crippen LogP contribution >= 0.6 is 0 Å². The number of hydrogen-bond acceptors (Lipinski definition) is 5. The number of nitrogens with zero attached hydrogens (tertiary/aromatic N) is 1. The van der Waals surface area contributed by atoms with E-state index >= 15 is 0 Å². The topological polar surface area (TPSA) is 73.4 Å². The number of ether oxygens (including phenoxy) is 3. The van der Waals surface area contributed by atoms with Gasteiger partial charge in [-0.2, -0.15) is 0 Å². The molecule has 6 nitrogen and oxygen atoms in total. The van der Waals surface area contributed by atoms with Crippen molar-refractivity contribution in [3.63, 3.8) is 0 Å². The predicted molar refractivity (Wildman–Crippen MR) is 64.5 cm³/mol. The van der Waals surface area contributed by atoms with Gasteiger partial charge in [0.2, 0.25) is 5.75 Å². The molecule has 0 unspecified atom stereocenters. The fourth-order valence-corrected chi connectivity index (χ4v) is 1.98. The summed E-state index contributed by atoms with van der Waals surface area (Å²) in [5, 5.41) is 0.399. The van der Waals surface area contributed by atoms with Crippen molar-refractivity contribution in [2.75, 3.05) is 19.8 Å². The zero-order valence-corrected chi connectivity index (χ0v) is 9.86. The van der Waals surface area contributed by atoms with Gasteiger partial charge in [-0.15, -0.1) is 0 Å². The smallest absolute Gasteiger partial charge is 0.262 e. The third-order valence-corrected chi connectivity index (χ3v) is 2.68. The normalized spacial score (nSPS) is 13.6. The number of nitrogens with one attached hydrogen (secondary N) is 1. The van der Waals surface area contributed by atoms with Crippen LogP contribution < -0.4 is 19.8 Å². The second kappa shape index (κ2) is 4.21. The second-order valence-electron chi connectivity index (χ2n) is 3.79. The Kier molecular flexibility index (Phi) is 2.55. The second-order valence-corrected chi connectivity index (χ2v) is 3.79. The number of rotatable bonds is 2. The molecular formula is C12H12N2O4. The lowest BCUT2D eigenvalue weighted by atomic mass is 10.2. The lowest BCUT2D eigenvalue weighted by molar-refractivity contribution is 0.165. The first-order valence-corrected chi connectivity index (χ1v) is 5.74. The summed E-state index contributed by atoms with van der Waals surface area (Å²) in [6.07, 6.45) is 1.36. The van der Waals surface area contributed by atoms with Gasteiger partial charge in [-0.3, -0.25) is 4.79 Å². The monoisotopic (exact) mass is 248 g/mol. The van der Waals surface area contributed by atoms with Gasteiger partial charge >= 0.3 is 0 Å². The Balaban J connectivity index is 2.36. The molecule has 1 aromatic carbocycles. The van der Waals surface area contributed by atoms with Crippen LogP contribution in [0, 0.1) is 0 Å². The van der Waals surface area contributed by atoms with Crippen LogP contribution in [0.2, 0.25) is 0 Å². The third kappa shape index (κ3) is 1.57. The van der Waals surface area contributed by atoms with Gasteiger partial charge in [0.15, 0.2) is 11.5 Å². The highest BCUT2D eigenvalue weighted by Gasteiger charge is 2.23. The summed E-state index contributed by atoms with van der Waals surface area (Å²) in [5.74, 6) is 1.45. The first kappa shape index (κ1) is 10.9. The summed E-state index contributed by atoms with van der Waals surface area (Å²) in [6, 6.07) is 1.70. The molecule has 6 heteroatoms. The predicted octanol–water partition coefficient (Wildman–Crippen LogP) is 1.09. The Morgan fingerprint density at radius 3 is 2.94 bits per heavy atom. The van der Waals surface area contributed by atoms with E-state index in [9.17, 15) is 4.79 Å². The highest BCUT2D eigenvalue weighted by Crippen LogP contribution is 2.43. The van der Waals surface area contributed by atoms with Crippen LogP contribution in [-0.4, -0.2) is 29.8 Å². The minimum Gasteiger partial charge on any atom is -0.490 e. The summed E-state index contributed by atoms with van der Waals surface area (Å²) in [7, 11) is 0. The molecule has 1 aliphatic heterocycles. The maximum absolute atomic E-state index is 11.8. The molecule has 2 heterocycles. The molecule has 1 aromatic heterocycles. The quantitative estimate of drug-likeness (QED) is 0.861. The van der Waals surface area contributed by atoms with E-state index in [2.05, 4.69) is 9.97 Å². The Hall–Kier alpha value is -2.24. The van der Waals surface area contributed by atoms with Crippen LogP contribution in [0.25, 0.3) is 10.9 Å². The number of hydrogen-bond donors (Lipinski definition) is 1. The molecule has 0 radical (unpaired) electrons. The van der Waals surface area contributed by atoms with Crippen LogP contribution in [0.4, 0.5) is 0 Å². The van der Waals surface area contributed by atoms with Crippen molar-refractivity contribution in [3.05, 3.63) is 22.7 Å². The van der Waals surface area contributed by atoms with E-state index in [0.29, 0.717) is 48.0 Å². The standard InChI is InChI=1S/C12H12N2O4/c1-2-16-8-5-7-9(12(15)14-6-13-7)11-10(8)17-3-4-18-11/h5-6H,2-4H2,1H3,(H,13,14,15). The van der Waals surface area contributed by atoms with Crippen LogP contribution in [-0.2, 0) is 0 Å². The fraction of sp³-hybridized carbons (Fsp3) is 0.333. The molecule has 0 spiro atoms. The number of aromatic nitrogens is 2. The molecule has 0 bridgehead atoms. The highest BCUT2D eigenvalue weighted by atomic mass is 16.6. The summed E-state index contributed by atoms with van der Waals surface area (Å²) in [5.41, 5.74) is 0.288. The summed E-state index contributed by atoms with van der Waals surface area (Å²) in [4.78, 5) is 18.5. The highest BCUT2D eigenvalue weighted by molar-refractivity contribution is 5.89. The minimum atomic E-state index is -0.246. The lowest BCUT2D eigenvalue weighted by Crippen LogP contribution is -2.19. The summed E-state index contributed by atoms with van der Waals surface area (Å²) >= 11 is 0. The van der Waals surface area contributed by atoms with Crippen molar-refractivity contribution in [3.8, 4) is 17.2 Å². The molecule has 0 fully saturated rings. The number of fused-ring (bicyclic) bond motifs is 3. The maximum Gasteiger partial charge on any atom is 0.262 e. The minimum absolute atomic E-state index is 0.246. The Morgan fingerprint density at radius 2 is 2.17 bits per heavy atom. The Morgan fingerprint density at radius 1 is 1.39 bits per heavy atom. The maximum atomic E-state index is 11.8. The molecule has 2 aromatic rings.